The Labute approximate surface area is 163 Å². The highest BCUT2D eigenvalue weighted by atomic mass is 16.6. The largest absolute Gasteiger partial charge is 0.488 e. The Balaban J connectivity index is 1.76. The van der Waals surface area contributed by atoms with Crippen LogP contribution in [0.5, 0.6) is 5.75 Å². The highest BCUT2D eigenvalue weighted by Crippen LogP contribution is 2.41. The zero-order valence-corrected chi connectivity index (χ0v) is 15.6. The van der Waals surface area contributed by atoms with Crippen LogP contribution in [-0.2, 0) is 17.9 Å². The molecule has 0 spiro atoms. The lowest BCUT2D eigenvalue weighted by Gasteiger charge is -2.21. The van der Waals surface area contributed by atoms with Crippen LogP contribution in [-0.4, -0.2) is 11.7 Å². The van der Waals surface area contributed by atoms with E-state index in [4.69, 9.17) is 9.57 Å². The molecule has 138 valence electrons. The zero-order valence-electron chi connectivity index (χ0n) is 15.6. The fourth-order valence-electron chi connectivity index (χ4n) is 3.93. The molecule has 5 rings (SSSR count). The van der Waals surface area contributed by atoms with E-state index < -0.39 is 0 Å². The molecule has 4 heteroatoms. The van der Waals surface area contributed by atoms with Gasteiger partial charge in [0.25, 0.3) is 0 Å². The molecule has 0 amide bonds. The Kier molecular flexibility index (Phi) is 4.09. The first-order chi connectivity index (χ1) is 13.8. The molecule has 2 aromatic rings. The third-order valence-electron chi connectivity index (χ3n) is 5.12. The summed E-state index contributed by atoms with van der Waals surface area (Å²) in [5, 5.41) is 7.34. The number of benzene rings is 3. The molecule has 3 aliphatic rings. The summed E-state index contributed by atoms with van der Waals surface area (Å²) in [6.07, 6.45) is 5.23. The molecular weight excluding hydrogens is 348 g/mol. The van der Waals surface area contributed by atoms with Crippen molar-refractivity contribution in [1.29, 1.82) is 0 Å². The number of aromatic nitrogens is 1. The second-order valence-electron chi connectivity index (χ2n) is 6.84. The highest BCUT2D eigenvalue weighted by molar-refractivity contribution is 6.02. The van der Waals surface area contributed by atoms with Gasteiger partial charge >= 0.3 is 0 Å². The molecule has 0 N–H and O–H groups in total. The van der Waals surface area contributed by atoms with Crippen molar-refractivity contribution in [2.45, 2.75) is 13.0 Å². The lowest BCUT2D eigenvalue weighted by molar-refractivity contribution is 0.200. The van der Waals surface area contributed by atoms with Crippen LogP contribution in [0.4, 0.5) is 0 Å². The smallest absolute Gasteiger partial charge is 0.132 e. The first-order valence-electron chi connectivity index (χ1n) is 9.35. The van der Waals surface area contributed by atoms with E-state index in [-0.39, 0.29) is 0 Å². The minimum atomic E-state index is 0.498. The molecule has 0 saturated heterocycles. The molecule has 0 bridgehead atoms. The van der Waals surface area contributed by atoms with Crippen molar-refractivity contribution >= 4 is 17.0 Å². The van der Waals surface area contributed by atoms with Crippen LogP contribution >= 0.6 is 0 Å². The quantitative estimate of drug-likeness (QED) is 0.383. The predicted octanol–water partition coefficient (Wildman–Crippen LogP) is 4.81. The second kappa shape index (κ2) is 6.89. The first kappa shape index (κ1) is 16.6. The summed E-state index contributed by atoms with van der Waals surface area (Å²) in [7, 11) is 1.56. The van der Waals surface area contributed by atoms with Crippen LogP contribution in [0, 0.1) is 0 Å². The van der Waals surface area contributed by atoms with Crippen molar-refractivity contribution in [3.05, 3.63) is 89.4 Å². The molecule has 2 aromatic carbocycles. The second-order valence-corrected chi connectivity index (χ2v) is 6.84. The summed E-state index contributed by atoms with van der Waals surface area (Å²) in [4.78, 5) is 5.04. The molecule has 0 aromatic heterocycles. The van der Waals surface area contributed by atoms with Crippen LogP contribution in [0.3, 0.4) is 0 Å². The van der Waals surface area contributed by atoms with Crippen LogP contribution < -0.4 is 10.1 Å². The van der Waals surface area contributed by atoms with E-state index in [0.29, 0.717) is 6.61 Å². The number of hydrogen-bond acceptors (Lipinski definition) is 3. The Morgan fingerprint density at radius 1 is 0.964 bits per heavy atom. The average molecular weight is 368 g/mol. The van der Waals surface area contributed by atoms with Gasteiger partial charge in [0, 0.05) is 35.3 Å². The molecule has 1 aliphatic carbocycles. The number of allylic oxidation sites excluding steroid dienone is 1. The van der Waals surface area contributed by atoms with E-state index in [0.717, 1.165) is 34.3 Å². The molecule has 28 heavy (non-hydrogen) atoms. The fourth-order valence-corrected chi connectivity index (χ4v) is 3.93. The van der Waals surface area contributed by atoms with Crippen molar-refractivity contribution in [3.63, 3.8) is 0 Å². The SMILES string of the molecule is CO/N=c1/cc(OCc2ccccc2)c2c3ccccc3c3n(c-2c1)C=CC3. The molecular formula is C24H20N2O2. The van der Waals surface area contributed by atoms with Crippen LogP contribution in [0.1, 0.15) is 11.3 Å². The van der Waals surface area contributed by atoms with Gasteiger partial charge in [0.1, 0.15) is 24.8 Å². The van der Waals surface area contributed by atoms with Gasteiger partial charge in [-0.3, -0.25) is 0 Å². The maximum absolute atomic E-state index is 6.31. The standard InChI is InChI=1S/C24H20N2O2/c1-27-25-18-14-22-24(23(15-18)28-16-17-8-3-2-4-9-17)20-11-6-5-10-19(20)21-12-7-13-26(21)22/h2-11,13-15H,12,16H2,1H3/b25-18+. The third-order valence-corrected chi connectivity index (χ3v) is 5.12. The third kappa shape index (κ3) is 2.74. The summed E-state index contributed by atoms with van der Waals surface area (Å²) in [6.45, 7) is 0.498. The van der Waals surface area contributed by atoms with E-state index >= 15 is 0 Å². The van der Waals surface area contributed by atoms with Crippen LogP contribution in [0.15, 0.2) is 78.0 Å². The number of pyridine rings is 1. The molecule has 2 aliphatic heterocycles. The number of fused-ring (bicyclic) bond motifs is 6. The van der Waals surface area contributed by atoms with Gasteiger partial charge in [0.15, 0.2) is 0 Å². The van der Waals surface area contributed by atoms with Gasteiger partial charge in [-0.15, -0.1) is 0 Å². The van der Waals surface area contributed by atoms with Gasteiger partial charge < -0.3 is 14.1 Å². The first-order valence-corrected chi connectivity index (χ1v) is 9.35. The van der Waals surface area contributed by atoms with Gasteiger partial charge in [-0.1, -0.05) is 65.8 Å². The Bertz CT molecular complexity index is 1220. The van der Waals surface area contributed by atoms with Gasteiger partial charge in [-0.2, -0.15) is 0 Å². The van der Waals surface area contributed by atoms with Crippen LogP contribution in [0.25, 0.3) is 28.2 Å². The maximum Gasteiger partial charge on any atom is 0.132 e. The van der Waals surface area contributed by atoms with E-state index in [9.17, 15) is 0 Å². The molecule has 0 saturated carbocycles. The van der Waals surface area contributed by atoms with E-state index in [1.54, 1.807) is 7.11 Å². The van der Waals surface area contributed by atoms with Gasteiger partial charge in [0.05, 0.1) is 5.69 Å². The average Bonchev–Trinajstić information content (AvgIpc) is 3.23. The molecule has 0 unspecified atom stereocenters. The van der Waals surface area contributed by atoms with Crippen molar-refractivity contribution < 1.29 is 9.57 Å². The normalized spacial score (nSPS) is 13.2. The summed E-state index contributed by atoms with van der Waals surface area (Å²) in [5.74, 6) is 0.809. The van der Waals surface area contributed by atoms with Crippen LogP contribution in [0.2, 0.25) is 0 Å². The lowest BCUT2D eigenvalue weighted by atomic mass is 9.97. The summed E-state index contributed by atoms with van der Waals surface area (Å²) < 4.78 is 8.55. The number of ether oxygens (including phenoxy) is 1. The number of nitrogens with zero attached hydrogens (tertiary/aromatic N) is 2. The number of rotatable bonds is 4. The zero-order chi connectivity index (χ0) is 18.9. The van der Waals surface area contributed by atoms with Gasteiger partial charge in [0.2, 0.25) is 0 Å². The minimum Gasteiger partial charge on any atom is -0.488 e. The molecule has 0 fully saturated rings. The van der Waals surface area contributed by atoms with E-state index in [1.165, 1.54) is 16.5 Å². The molecule has 0 radical (unpaired) electrons. The van der Waals surface area contributed by atoms with Crippen molar-refractivity contribution in [1.82, 2.24) is 4.57 Å². The van der Waals surface area contributed by atoms with E-state index in [2.05, 4.69) is 64.5 Å². The predicted molar refractivity (Wildman–Crippen MR) is 111 cm³/mol. The van der Waals surface area contributed by atoms with Crippen molar-refractivity contribution in [2.75, 3.05) is 7.11 Å². The monoisotopic (exact) mass is 368 g/mol. The molecule has 0 atom stereocenters. The summed E-state index contributed by atoms with van der Waals surface area (Å²) >= 11 is 0. The molecule has 2 heterocycles. The Hall–Kier alpha value is -3.53. The van der Waals surface area contributed by atoms with Crippen molar-refractivity contribution in [2.24, 2.45) is 5.16 Å². The minimum absolute atomic E-state index is 0.498. The Morgan fingerprint density at radius 2 is 1.75 bits per heavy atom. The molecule has 4 nitrogen and oxygen atoms in total. The Morgan fingerprint density at radius 3 is 2.57 bits per heavy atom. The lowest BCUT2D eigenvalue weighted by Crippen LogP contribution is -2.11. The fraction of sp³-hybridized carbons (Fsp3) is 0.125. The van der Waals surface area contributed by atoms with Crippen molar-refractivity contribution in [3.8, 4) is 17.0 Å². The maximum atomic E-state index is 6.31. The van der Waals surface area contributed by atoms with Gasteiger partial charge in [-0.05, 0) is 17.0 Å². The summed E-state index contributed by atoms with van der Waals surface area (Å²) in [5.41, 5.74) is 4.58. The van der Waals surface area contributed by atoms with Gasteiger partial charge in [-0.25, -0.2) is 0 Å². The van der Waals surface area contributed by atoms with E-state index in [1.807, 2.05) is 24.3 Å². The summed E-state index contributed by atoms with van der Waals surface area (Å²) in [6, 6.07) is 22.7. The topological polar surface area (TPSA) is 35.8 Å². The number of hydrogen-bond donors (Lipinski definition) is 0. The highest BCUT2D eigenvalue weighted by Gasteiger charge is 2.22.